The van der Waals surface area contributed by atoms with E-state index >= 15 is 0 Å². The molecule has 1 unspecified atom stereocenters. The Labute approximate surface area is 179 Å². The second-order valence-corrected chi connectivity index (χ2v) is 9.93. The molecule has 1 atom stereocenters. The van der Waals surface area contributed by atoms with Crippen molar-refractivity contribution in [1.82, 2.24) is 9.21 Å². The van der Waals surface area contributed by atoms with E-state index in [1.54, 1.807) is 4.90 Å². The molecule has 8 nitrogen and oxygen atoms in total. The molecule has 0 radical (unpaired) electrons. The van der Waals surface area contributed by atoms with Crippen LogP contribution < -0.4 is 0 Å². The van der Waals surface area contributed by atoms with Gasteiger partial charge in [-0.15, -0.1) is 0 Å². The summed E-state index contributed by atoms with van der Waals surface area (Å²) in [6.45, 7) is 3.46. The standard InChI is InChI=1S/C19H25BrN2O6S/c1-14-4-2-3-7-22(14)18(23)13-28-19(24)15-5-6-16(20)17(12-15)29(25,26)21-8-10-27-11-9-21/h5-6,12,14H,2-4,7-11,13H2,1H3. The molecule has 2 aliphatic rings. The minimum Gasteiger partial charge on any atom is -0.452 e. The third-order valence-electron chi connectivity index (χ3n) is 5.20. The molecule has 1 aromatic rings. The number of amides is 1. The molecule has 0 aliphatic carbocycles. The lowest BCUT2D eigenvalue weighted by Gasteiger charge is -2.33. The number of hydrogen-bond donors (Lipinski definition) is 0. The van der Waals surface area contributed by atoms with Crippen LogP contribution in [0.4, 0.5) is 0 Å². The number of likely N-dealkylation sites (tertiary alicyclic amines) is 1. The van der Waals surface area contributed by atoms with Crippen LogP contribution >= 0.6 is 15.9 Å². The largest absolute Gasteiger partial charge is 0.452 e. The molecule has 0 bridgehead atoms. The van der Waals surface area contributed by atoms with Gasteiger partial charge in [0, 0.05) is 30.1 Å². The van der Waals surface area contributed by atoms with Gasteiger partial charge < -0.3 is 14.4 Å². The van der Waals surface area contributed by atoms with Gasteiger partial charge in [0.15, 0.2) is 6.61 Å². The van der Waals surface area contributed by atoms with Gasteiger partial charge in [-0.05, 0) is 60.3 Å². The summed E-state index contributed by atoms with van der Waals surface area (Å²) in [5.41, 5.74) is 0.0829. The van der Waals surface area contributed by atoms with Crippen LogP contribution in [0.15, 0.2) is 27.6 Å². The van der Waals surface area contributed by atoms with E-state index in [2.05, 4.69) is 15.9 Å². The van der Waals surface area contributed by atoms with Gasteiger partial charge in [-0.1, -0.05) is 0 Å². The second kappa shape index (κ2) is 9.55. The Morgan fingerprint density at radius 2 is 1.93 bits per heavy atom. The Hall–Kier alpha value is -1.49. The van der Waals surface area contributed by atoms with Crippen LogP contribution in [0.3, 0.4) is 0 Å². The number of esters is 1. The molecule has 1 aromatic carbocycles. The number of piperidine rings is 1. The smallest absolute Gasteiger partial charge is 0.338 e. The number of carbonyl (C=O) groups excluding carboxylic acids is 2. The third kappa shape index (κ3) is 5.17. The SMILES string of the molecule is CC1CCCCN1C(=O)COC(=O)c1ccc(Br)c(S(=O)(=O)N2CCOCC2)c1. The summed E-state index contributed by atoms with van der Waals surface area (Å²) < 4.78 is 37.9. The molecule has 0 N–H and O–H groups in total. The third-order valence-corrected chi connectivity index (χ3v) is 8.10. The number of hydrogen-bond acceptors (Lipinski definition) is 6. The van der Waals surface area contributed by atoms with E-state index in [1.165, 1.54) is 22.5 Å². The van der Waals surface area contributed by atoms with Crippen molar-refractivity contribution < 1.29 is 27.5 Å². The molecule has 2 heterocycles. The molecule has 1 amide bonds. The maximum atomic E-state index is 12.9. The predicted molar refractivity (Wildman–Crippen MR) is 109 cm³/mol. The van der Waals surface area contributed by atoms with Crippen molar-refractivity contribution in [3.8, 4) is 0 Å². The molecule has 0 spiro atoms. The van der Waals surface area contributed by atoms with E-state index < -0.39 is 16.0 Å². The van der Waals surface area contributed by atoms with Crippen LogP contribution in [0, 0.1) is 0 Å². The number of benzene rings is 1. The van der Waals surface area contributed by atoms with Crippen LogP contribution in [0.1, 0.15) is 36.5 Å². The van der Waals surface area contributed by atoms with Gasteiger partial charge in [-0.3, -0.25) is 4.79 Å². The molecule has 0 saturated carbocycles. The number of morpholine rings is 1. The topological polar surface area (TPSA) is 93.2 Å². The summed E-state index contributed by atoms with van der Waals surface area (Å²) in [6, 6.07) is 4.38. The van der Waals surface area contributed by atoms with Gasteiger partial charge in [0.2, 0.25) is 10.0 Å². The molecule has 0 aromatic heterocycles. The van der Waals surface area contributed by atoms with E-state index in [1.807, 2.05) is 6.92 Å². The highest BCUT2D eigenvalue weighted by atomic mass is 79.9. The average molecular weight is 489 g/mol. The minimum atomic E-state index is -3.78. The van der Waals surface area contributed by atoms with Gasteiger partial charge in [0.1, 0.15) is 0 Å². The zero-order valence-corrected chi connectivity index (χ0v) is 18.7. The van der Waals surface area contributed by atoms with Gasteiger partial charge >= 0.3 is 5.97 Å². The normalized spacial score (nSPS) is 21.0. The number of nitrogens with zero attached hydrogens (tertiary/aromatic N) is 2. The van der Waals surface area contributed by atoms with Gasteiger partial charge in [0.25, 0.3) is 5.91 Å². The maximum absolute atomic E-state index is 12.9. The van der Waals surface area contributed by atoms with E-state index in [0.717, 1.165) is 19.3 Å². The fourth-order valence-electron chi connectivity index (χ4n) is 3.52. The van der Waals surface area contributed by atoms with Crippen molar-refractivity contribution in [2.45, 2.75) is 37.1 Å². The molecule has 160 valence electrons. The van der Waals surface area contributed by atoms with Gasteiger partial charge in [0.05, 0.1) is 23.7 Å². The number of sulfonamides is 1. The van der Waals surface area contributed by atoms with Crippen LogP contribution in [-0.4, -0.2) is 75.0 Å². The number of rotatable bonds is 5. The lowest BCUT2D eigenvalue weighted by molar-refractivity contribution is -0.137. The maximum Gasteiger partial charge on any atom is 0.338 e. The average Bonchev–Trinajstić information content (AvgIpc) is 2.73. The number of halogens is 1. The van der Waals surface area contributed by atoms with Crippen LogP contribution in [0.5, 0.6) is 0 Å². The molecule has 3 rings (SSSR count). The Morgan fingerprint density at radius 1 is 1.21 bits per heavy atom. The van der Waals surface area contributed by atoms with E-state index in [-0.39, 0.29) is 42.1 Å². The van der Waals surface area contributed by atoms with Crippen LogP contribution in [0.25, 0.3) is 0 Å². The summed E-state index contributed by atoms with van der Waals surface area (Å²) in [5, 5.41) is 0. The first-order valence-corrected chi connectivity index (χ1v) is 11.9. The van der Waals surface area contributed by atoms with Crippen molar-refractivity contribution in [1.29, 1.82) is 0 Å². The van der Waals surface area contributed by atoms with E-state index in [9.17, 15) is 18.0 Å². The van der Waals surface area contributed by atoms with Crippen molar-refractivity contribution in [2.75, 3.05) is 39.5 Å². The lowest BCUT2D eigenvalue weighted by Crippen LogP contribution is -2.44. The van der Waals surface area contributed by atoms with Crippen molar-refractivity contribution in [3.63, 3.8) is 0 Å². The molecular weight excluding hydrogens is 464 g/mol. The highest BCUT2D eigenvalue weighted by Crippen LogP contribution is 2.27. The molecule has 2 fully saturated rings. The highest BCUT2D eigenvalue weighted by Gasteiger charge is 2.29. The van der Waals surface area contributed by atoms with E-state index in [0.29, 0.717) is 24.2 Å². The number of carbonyl (C=O) groups is 2. The van der Waals surface area contributed by atoms with Gasteiger partial charge in [-0.25, -0.2) is 13.2 Å². The first-order valence-electron chi connectivity index (χ1n) is 9.65. The van der Waals surface area contributed by atoms with Crippen LogP contribution in [0.2, 0.25) is 0 Å². The van der Waals surface area contributed by atoms with Crippen molar-refractivity contribution in [3.05, 3.63) is 28.2 Å². The number of ether oxygens (including phenoxy) is 2. The summed E-state index contributed by atoms with van der Waals surface area (Å²) >= 11 is 3.25. The summed E-state index contributed by atoms with van der Waals surface area (Å²) in [6.07, 6.45) is 2.97. The van der Waals surface area contributed by atoms with E-state index in [4.69, 9.17) is 9.47 Å². The molecule has 29 heavy (non-hydrogen) atoms. The van der Waals surface area contributed by atoms with Crippen molar-refractivity contribution in [2.24, 2.45) is 0 Å². The van der Waals surface area contributed by atoms with Crippen LogP contribution in [-0.2, 0) is 24.3 Å². The van der Waals surface area contributed by atoms with Crippen molar-refractivity contribution >= 4 is 37.8 Å². The lowest BCUT2D eigenvalue weighted by atomic mass is 10.0. The fraction of sp³-hybridized carbons (Fsp3) is 0.579. The Morgan fingerprint density at radius 3 is 2.62 bits per heavy atom. The monoisotopic (exact) mass is 488 g/mol. The molecule has 2 saturated heterocycles. The summed E-state index contributed by atoms with van der Waals surface area (Å²) in [4.78, 5) is 26.5. The first kappa shape index (κ1) is 22.2. The Bertz CT molecular complexity index is 869. The molecule has 10 heteroatoms. The Kier molecular flexibility index (Phi) is 7.31. The fourth-order valence-corrected chi connectivity index (χ4v) is 5.87. The second-order valence-electron chi connectivity index (χ2n) is 7.17. The quantitative estimate of drug-likeness (QED) is 0.588. The Balaban J connectivity index is 1.70. The summed E-state index contributed by atoms with van der Waals surface area (Å²) in [5.74, 6) is -0.960. The zero-order chi connectivity index (χ0) is 21.0. The zero-order valence-electron chi connectivity index (χ0n) is 16.3. The molecular formula is C19H25BrN2O6S. The predicted octanol–water partition coefficient (Wildman–Crippen LogP) is 2.03. The molecule has 2 aliphatic heterocycles. The first-order chi connectivity index (χ1) is 13.8. The highest BCUT2D eigenvalue weighted by molar-refractivity contribution is 9.10. The van der Waals surface area contributed by atoms with Gasteiger partial charge in [-0.2, -0.15) is 4.31 Å². The summed E-state index contributed by atoms with van der Waals surface area (Å²) in [7, 11) is -3.78. The minimum absolute atomic E-state index is 0.00942.